The number of methoxy groups -OCH3 is 1. The monoisotopic (exact) mass is 190 g/mol. The van der Waals surface area contributed by atoms with Gasteiger partial charge in [0, 0.05) is 14.0 Å². The molecule has 0 N–H and O–H groups in total. The van der Waals surface area contributed by atoms with E-state index in [1.165, 1.54) is 6.92 Å². The van der Waals surface area contributed by atoms with E-state index in [0.29, 0.717) is 13.2 Å². The van der Waals surface area contributed by atoms with Crippen LogP contribution >= 0.6 is 0 Å². The Morgan fingerprint density at radius 1 is 1.23 bits per heavy atom. The van der Waals surface area contributed by atoms with Crippen LogP contribution in [-0.4, -0.2) is 38.5 Å². The molecule has 13 heavy (non-hydrogen) atoms. The minimum Gasteiger partial charge on any atom is -0.460 e. The van der Waals surface area contributed by atoms with Crippen LogP contribution in [0.5, 0.6) is 0 Å². The summed E-state index contributed by atoms with van der Waals surface area (Å²) in [6.45, 7) is 6.01. The van der Waals surface area contributed by atoms with E-state index in [1.54, 1.807) is 14.0 Å². The van der Waals surface area contributed by atoms with Gasteiger partial charge in [0.25, 0.3) is 0 Å². The van der Waals surface area contributed by atoms with Gasteiger partial charge in [-0.25, -0.2) is 0 Å². The van der Waals surface area contributed by atoms with E-state index in [9.17, 15) is 4.79 Å². The van der Waals surface area contributed by atoms with Crippen LogP contribution < -0.4 is 0 Å². The number of carbonyl (C=O) groups is 1. The number of esters is 1. The Kier molecular flexibility index (Phi) is 6.54. The van der Waals surface area contributed by atoms with E-state index in [1.807, 2.05) is 6.92 Å². The fourth-order valence-electron chi connectivity index (χ4n) is 0.785. The summed E-state index contributed by atoms with van der Waals surface area (Å²) in [5.41, 5.74) is 0. The van der Waals surface area contributed by atoms with Crippen molar-refractivity contribution in [3.05, 3.63) is 0 Å². The molecule has 0 heterocycles. The summed E-state index contributed by atoms with van der Waals surface area (Å²) in [7, 11) is 1.63. The van der Waals surface area contributed by atoms with Crippen LogP contribution in [0.1, 0.15) is 20.8 Å². The Morgan fingerprint density at radius 3 is 2.23 bits per heavy atom. The molecule has 2 unspecified atom stereocenters. The van der Waals surface area contributed by atoms with Crippen molar-refractivity contribution in [3.63, 3.8) is 0 Å². The molecule has 4 heteroatoms. The van der Waals surface area contributed by atoms with Crippen molar-refractivity contribution < 1.29 is 19.0 Å². The lowest BCUT2D eigenvalue weighted by Crippen LogP contribution is -2.22. The zero-order valence-corrected chi connectivity index (χ0v) is 8.70. The van der Waals surface area contributed by atoms with E-state index in [4.69, 9.17) is 14.2 Å². The molecule has 0 saturated heterocycles. The normalized spacial score (nSPS) is 15.1. The number of ether oxygens (including phenoxy) is 3. The van der Waals surface area contributed by atoms with Crippen LogP contribution in [0.2, 0.25) is 0 Å². The minimum absolute atomic E-state index is 0.0736. The fraction of sp³-hybridized carbons (Fsp3) is 0.889. The summed E-state index contributed by atoms with van der Waals surface area (Å²) in [5, 5.41) is 0. The zero-order valence-electron chi connectivity index (χ0n) is 8.70. The Bertz CT molecular complexity index is 147. The Balaban J connectivity index is 3.36. The molecule has 0 aliphatic heterocycles. The van der Waals surface area contributed by atoms with E-state index >= 15 is 0 Å². The SMILES string of the molecule is COC(C)COCC(C)OC(C)=O. The number of hydrogen-bond acceptors (Lipinski definition) is 4. The van der Waals surface area contributed by atoms with E-state index in [2.05, 4.69) is 0 Å². The standard InChI is InChI=1S/C9H18O4/c1-7(11-4)5-12-6-8(2)13-9(3)10/h7-8H,5-6H2,1-4H3. The summed E-state index contributed by atoms with van der Waals surface area (Å²) in [6, 6.07) is 0. The Labute approximate surface area is 79.2 Å². The summed E-state index contributed by atoms with van der Waals surface area (Å²) >= 11 is 0. The second-order valence-electron chi connectivity index (χ2n) is 3.00. The zero-order chi connectivity index (χ0) is 10.3. The van der Waals surface area contributed by atoms with Gasteiger partial charge in [-0.15, -0.1) is 0 Å². The van der Waals surface area contributed by atoms with Crippen LogP contribution in [0.4, 0.5) is 0 Å². The molecule has 0 aromatic rings. The summed E-state index contributed by atoms with van der Waals surface area (Å²) in [6.07, 6.45) is -0.119. The van der Waals surface area contributed by atoms with E-state index in [-0.39, 0.29) is 18.2 Å². The fourth-order valence-corrected chi connectivity index (χ4v) is 0.785. The van der Waals surface area contributed by atoms with Gasteiger partial charge in [-0.05, 0) is 13.8 Å². The lowest BCUT2D eigenvalue weighted by molar-refractivity contribution is -0.148. The largest absolute Gasteiger partial charge is 0.460 e. The molecule has 2 atom stereocenters. The third kappa shape index (κ3) is 7.74. The van der Waals surface area contributed by atoms with Gasteiger partial charge in [0.05, 0.1) is 19.3 Å². The molecule has 0 spiro atoms. The van der Waals surface area contributed by atoms with Crippen LogP contribution in [0.15, 0.2) is 0 Å². The summed E-state index contributed by atoms with van der Waals surface area (Å²) in [4.78, 5) is 10.5. The molecule has 0 aliphatic carbocycles. The molecule has 0 aromatic heterocycles. The molecule has 0 bridgehead atoms. The van der Waals surface area contributed by atoms with Crippen LogP contribution in [-0.2, 0) is 19.0 Å². The minimum atomic E-state index is -0.282. The third-order valence-electron chi connectivity index (χ3n) is 1.47. The molecule has 0 aliphatic rings. The Hall–Kier alpha value is -0.610. The van der Waals surface area contributed by atoms with Crippen molar-refractivity contribution in [3.8, 4) is 0 Å². The third-order valence-corrected chi connectivity index (χ3v) is 1.47. The number of rotatable bonds is 6. The van der Waals surface area contributed by atoms with Gasteiger partial charge < -0.3 is 14.2 Å². The molecular formula is C9H18O4. The van der Waals surface area contributed by atoms with Gasteiger partial charge in [0.2, 0.25) is 0 Å². The maximum atomic E-state index is 10.5. The first-order valence-electron chi connectivity index (χ1n) is 4.34. The van der Waals surface area contributed by atoms with Gasteiger partial charge in [-0.1, -0.05) is 0 Å². The molecule has 0 fully saturated rings. The smallest absolute Gasteiger partial charge is 0.302 e. The first kappa shape index (κ1) is 12.4. The van der Waals surface area contributed by atoms with Crippen molar-refractivity contribution in [2.24, 2.45) is 0 Å². The predicted molar refractivity (Wildman–Crippen MR) is 48.5 cm³/mol. The van der Waals surface area contributed by atoms with E-state index in [0.717, 1.165) is 0 Å². The van der Waals surface area contributed by atoms with Crippen LogP contribution in [0.25, 0.3) is 0 Å². The molecule has 0 saturated carbocycles. The topological polar surface area (TPSA) is 44.8 Å². The van der Waals surface area contributed by atoms with Gasteiger partial charge in [0.15, 0.2) is 0 Å². The van der Waals surface area contributed by atoms with Gasteiger partial charge >= 0.3 is 5.97 Å². The number of carbonyl (C=O) groups excluding carboxylic acids is 1. The van der Waals surface area contributed by atoms with Crippen molar-refractivity contribution in [1.82, 2.24) is 0 Å². The lowest BCUT2D eigenvalue weighted by Gasteiger charge is -2.14. The highest BCUT2D eigenvalue weighted by atomic mass is 16.6. The average molecular weight is 190 g/mol. The molecule has 0 radical (unpaired) electrons. The van der Waals surface area contributed by atoms with Gasteiger partial charge in [-0.2, -0.15) is 0 Å². The lowest BCUT2D eigenvalue weighted by atomic mass is 10.4. The first-order valence-corrected chi connectivity index (χ1v) is 4.34. The summed E-state index contributed by atoms with van der Waals surface area (Å²) < 4.78 is 15.1. The molecule has 0 rings (SSSR count). The van der Waals surface area contributed by atoms with E-state index < -0.39 is 0 Å². The maximum Gasteiger partial charge on any atom is 0.302 e. The second kappa shape index (κ2) is 6.86. The highest BCUT2D eigenvalue weighted by Crippen LogP contribution is 1.95. The highest BCUT2D eigenvalue weighted by molar-refractivity contribution is 5.66. The average Bonchev–Trinajstić information content (AvgIpc) is 2.02. The maximum absolute atomic E-state index is 10.5. The van der Waals surface area contributed by atoms with Gasteiger partial charge in [0.1, 0.15) is 6.10 Å². The van der Waals surface area contributed by atoms with Crippen molar-refractivity contribution >= 4 is 5.97 Å². The van der Waals surface area contributed by atoms with Crippen molar-refractivity contribution in [1.29, 1.82) is 0 Å². The first-order chi connectivity index (χ1) is 6.06. The molecular weight excluding hydrogens is 172 g/mol. The van der Waals surface area contributed by atoms with Crippen molar-refractivity contribution in [2.75, 3.05) is 20.3 Å². The molecule has 0 amide bonds. The summed E-state index contributed by atoms with van der Waals surface area (Å²) in [5.74, 6) is -0.282. The predicted octanol–water partition coefficient (Wildman–Crippen LogP) is 0.989. The molecule has 0 aromatic carbocycles. The Morgan fingerprint density at radius 2 is 1.77 bits per heavy atom. The van der Waals surface area contributed by atoms with Crippen LogP contribution in [0.3, 0.4) is 0 Å². The quantitative estimate of drug-likeness (QED) is 0.586. The highest BCUT2D eigenvalue weighted by Gasteiger charge is 2.06. The molecule has 4 nitrogen and oxygen atoms in total. The van der Waals surface area contributed by atoms with Crippen molar-refractivity contribution in [2.45, 2.75) is 33.0 Å². The van der Waals surface area contributed by atoms with Gasteiger partial charge in [-0.3, -0.25) is 4.79 Å². The second-order valence-corrected chi connectivity index (χ2v) is 3.00. The molecule has 78 valence electrons. The van der Waals surface area contributed by atoms with Crippen LogP contribution in [0, 0.1) is 0 Å². The number of hydrogen-bond donors (Lipinski definition) is 0.